The fraction of sp³-hybridized carbons (Fsp3) is 0.450. The minimum Gasteiger partial charge on any atom is -0.479 e. The lowest BCUT2D eigenvalue weighted by Crippen LogP contribution is -2.50. The number of hydrogen-bond acceptors (Lipinski definition) is 5. The van der Waals surface area contributed by atoms with E-state index in [2.05, 4.69) is 20.6 Å². The van der Waals surface area contributed by atoms with E-state index in [0.29, 0.717) is 44.2 Å². The first-order chi connectivity index (χ1) is 14.5. The van der Waals surface area contributed by atoms with E-state index in [1.807, 2.05) is 0 Å². The minimum atomic E-state index is -0.301. The molecule has 0 aliphatic carbocycles. The number of benzene rings is 1. The average Bonchev–Trinajstić information content (AvgIpc) is 3.14. The SMILES string of the molecule is COc1nn(C)cc1C(=O)N1CCN(CCNC(=O)NCc2ccc(F)cc2)CC1. The molecule has 10 heteroatoms. The Bertz CT molecular complexity index is 862. The number of nitrogens with one attached hydrogen (secondary N) is 2. The number of aromatic nitrogens is 2. The van der Waals surface area contributed by atoms with Gasteiger partial charge in [0.1, 0.15) is 11.4 Å². The van der Waals surface area contributed by atoms with E-state index in [9.17, 15) is 14.0 Å². The molecule has 1 aromatic heterocycles. The van der Waals surface area contributed by atoms with Crippen molar-refractivity contribution >= 4 is 11.9 Å². The third kappa shape index (κ3) is 5.69. The Balaban J connectivity index is 1.35. The van der Waals surface area contributed by atoms with Gasteiger partial charge in [0, 0.05) is 59.1 Å². The highest BCUT2D eigenvalue weighted by Gasteiger charge is 2.26. The van der Waals surface area contributed by atoms with Crippen molar-refractivity contribution in [3.63, 3.8) is 0 Å². The van der Waals surface area contributed by atoms with E-state index in [0.717, 1.165) is 18.7 Å². The molecule has 2 aromatic rings. The molecule has 30 heavy (non-hydrogen) atoms. The number of carbonyl (C=O) groups is 2. The van der Waals surface area contributed by atoms with Crippen LogP contribution in [0.25, 0.3) is 0 Å². The lowest BCUT2D eigenvalue weighted by molar-refractivity contribution is 0.0636. The van der Waals surface area contributed by atoms with Crippen LogP contribution in [0, 0.1) is 5.82 Å². The van der Waals surface area contributed by atoms with Crippen molar-refractivity contribution in [3.8, 4) is 5.88 Å². The summed E-state index contributed by atoms with van der Waals surface area (Å²) in [5.74, 6) is -0.0525. The second-order valence-corrected chi connectivity index (χ2v) is 7.10. The van der Waals surface area contributed by atoms with Gasteiger partial charge < -0.3 is 20.3 Å². The number of methoxy groups -OCH3 is 1. The third-order valence-electron chi connectivity index (χ3n) is 4.96. The number of carbonyl (C=O) groups excluding carboxylic acids is 2. The maximum absolute atomic E-state index is 12.9. The third-order valence-corrected chi connectivity index (χ3v) is 4.96. The molecule has 1 aliphatic rings. The summed E-state index contributed by atoms with van der Waals surface area (Å²) in [7, 11) is 3.25. The van der Waals surface area contributed by atoms with Crippen molar-refractivity contribution < 1.29 is 18.7 Å². The predicted molar refractivity (Wildman–Crippen MR) is 109 cm³/mol. The first-order valence-electron chi connectivity index (χ1n) is 9.81. The lowest BCUT2D eigenvalue weighted by atomic mass is 10.2. The fourth-order valence-corrected chi connectivity index (χ4v) is 3.29. The second kappa shape index (κ2) is 10.1. The molecule has 2 heterocycles. The zero-order chi connectivity index (χ0) is 21.5. The summed E-state index contributed by atoms with van der Waals surface area (Å²) < 4.78 is 19.6. The van der Waals surface area contributed by atoms with Crippen molar-refractivity contribution in [2.24, 2.45) is 7.05 Å². The number of ether oxygens (including phenoxy) is 1. The van der Waals surface area contributed by atoms with E-state index >= 15 is 0 Å². The van der Waals surface area contributed by atoms with Gasteiger partial charge in [0.2, 0.25) is 5.88 Å². The number of urea groups is 1. The van der Waals surface area contributed by atoms with Gasteiger partial charge >= 0.3 is 6.03 Å². The van der Waals surface area contributed by atoms with Crippen molar-refractivity contribution in [1.29, 1.82) is 0 Å². The van der Waals surface area contributed by atoms with Crippen LogP contribution in [-0.4, -0.2) is 77.9 Å². The number of aryl methyl sites for hydroxylation is 1. The molecule has 0 unspecified atom stereocenters. The molecule has 9 nitrogen and oxygen atoms in total. The topological polar surface area (TPSA) is 91.7 Å². The van der Waals surface area contributed by atoms with Crippen LogP contribution < -0.4 is 15.4 Å². The van der Waals surface area contributed by atoms with Gasteiger partial charge in [0.25, 0.3) is 5.91 Å². The second-order valence-electron chi connectivity index (χ2n) is 7.10. The average molecular weight is 418 g/mol. The van der Waals surface area contributed by atoms with Gasteiger partial charge in [0.05, 0.1) is 7.11 Å². The van der Waals surface area contributed by atoms with Gasteiger partial charge in [-0.15, -0.1) is 5.10 Å². The summed E-state index contributed by atoms with van der Waals surface area (Å²) in [5.41, 5.74) is 1.30. The van der Waals surface area contributed by atoms with Crippen LogP contribution in [0.15, 0.2) is 30.5 Å². The molecule has 3 rings (SSSR count). The van der Waals surface area contributed by atoms with Crippen LogP contribution in [0.5, 0.6) is 5.88 Å². The van der Waals surface area contributed by atoms with Gasteiger partial charge in [-0.2, -0.15) is 0 Å². The number of hydrogen-bond donors (Lipinski definition) is 2. The molecular weight excluding hydrogens is 391 g/mol. The van der Waals surface area contributed by atoms with Crippen LogP contribution in [-0.2, 0) is 13.6 Å². The maximum atomic E-state index is 12.9. The lowest BCUT2D eigenvalue weighted by Gasteiger charge is -2.34. The molecule has 1 aromatic carbocycles. The van der Waals surface area contributed by atoms with Crippen LogP contribution in [0.3, 0.4) is 0 Å². The van der Waals surface area contributed by atoms with Gasteiger partial charge in [-0.05, 0) is 17.7 Å². The molecule has 1 saturated heterocycles. The monoisotopic (exact) mass is 418 g/mol. The van der Waals surface area contributed by atoms with E-state index < -0.39 is 0 Å². The van der Waals surface area contributed by atoms with E-state index in [-0.39, 0.29) is 17.8 Å². The highest BCUT2D eigenvalue weighted by Crippen LogP contribution is 2.18. The zero-order valence-corrected chi connectivity index (χ0v) is 17.2. The number of rotatable bonds is 7. The van der Waals surface area contributed by atoms with Crippen molar-refractivity contribution in [1.82, 2.24) is 30.2 Å². The molecule has 2 N–H and O–H groups in total. The highest BCUT2D eigenvalue weighted by molar-refractivity contribution is 5.96. The summed E-state index contributed by atoms with van der Waals surface area (Å²) in [6.07, 6.45) is 1.67. The zero-order valence-electron chi connectivity index (χ0n) is 17.2. The Labute approximate surface area is 174 Å². The van der Waals surface area contributed by atoms with E-state index in [4.69, 9.17) is 4.74 Å². The Morgan fingerprint density at radius 1 is 1.13 bits per heavy atom. The Morgan fingerprint density at radius 2 is 1.83 bits per heavy atom. The number of halogens is 1. The molecule has 0 spiro atoms. The molecule has 1 aliphatic heterocycles. The van der Waals surface area contributed by atoms with Crippen molar-refractivity contribution in [3.05, 3.63) is 47.4 Å². The van der Waals surface area contributed by atoms with Crippen LogP contribution in [0.1, 0.15) is 15.9 Å². The van der Waals surface area contributed by atoms with Crippen molar-refractivity contribution in [2.45, 2.75) is 6.54 Å². The fourth-order valence-electron chi connectivity index (χ4n) is 3.29. The van der Waals surface area contributed by atoms with Crippen LogP contribution in [0.2, 0.25) is 0 Å². The molecule has 162 valence electrons. The molecule has 0 bridgehead atoms. The first-order valence-corrected chi connectivity index (χ1v) is 9.81. The maximum Gasteiger partial charge on any atom is 0.315 e. The molecule has 0 radical (unpaired) electrons. The van der Waals surface area contributed by atoms with Gasteiger partial charge in [-0.1, -0.05) is 12.1 Å². The van der Waals surface area contributed by atoms with Crippen LogP contribution >= 0.6 is 0 Å². The molecule has 3 amide bonds. The van der Waals surface area contributed by atoms with E-state index in [1.54, 1.807) is 35.0 Å². The largest absolute Gasteiger partial charge is 0.479 e. The van der Waals surface area contributed by atoms with Gasteiger partial charge in [-0.25, -0.2) is 9.18 Å². The quantitative estimate of drug-likeness (QED) is 0.695. The molecule has 1 fully saturated rings. The smallest absolute Gasteiger partial charge is 0.315 e. The number of nitrogens with zero attached hydrogens (tertiary/aromatic N) is 4. The highest BCUT2D eigenvalue weighted by atomic mass is 19.1. The summed E-state index contributed by atoms with van der Waals surface area (Å²) in [6, 6.07) is 5.74. The summed E-state index contributed by atoms with van der Waals surface area (Å²) >= 11 is 0. The Hall–Kier alpha value is -3.14. The normalized spacial score (nSPS) is 14.4. The first kappa shape index (κ1) is 21.6. The Kier molecular flexibility index (Phi) is 7.23. The number of amides is 3. The summed E-state index contributed by atoms with van der Waals surface area (Å²) in [5, 5.41) is 9.69. The molecule has 0 atom stereocenters. The molecule has 0 saturated carbocycles. The number of piperazine rings is 1. The minimum absolute atomic E-state index is 0.0853. The standard InChI is InChI=1S/C20H27FN6O3/c1-25-14-17(18(24-25)30-2)19(28)27-11-9-26(10-12-27)8-7-22-20(29)23-13-15-3-5-16(21)6-4-15/h3-6,14H,7-13H2,1-2H3,(H2,22,23,29). The predicted octanol–water partition coefficient (Wildman–Crippen LogP) is 0.825. The summed E-state index contributed by atoms with van der Waals surface area (Å²) in [4.78, 5) is 28.6. The Morgan fingerprint density at radius 3 is 2.50 bits per heavy atom. The summed E-state index contributed by atoms with van der Waals surface area (Å²) in [6.45, 7) is 4.20. The van der Waals surface area contributed by atoms with Gasteiger partial charge in [0.15, 0.2) is 0 Å². The van der Waals surface area contributed by atoms with E-state index in [1.165, 1.54) is 19.2 Å². The van der Waals surface area contributed by atoms with Crippen molar-refractivity contribution in [2.75, 3.05) is 46.4 Å². The van der Waals surface area contributed by atoms with Gasteiger partial charge in [-0.3, -0.25) is 14.4 Å². The van der Waals surface area contributed by atoms with Crippen LogP contribution in [0.4, 0.5) is 9.18 Å². The molecular formula is C20H27FN6O3.